The maximum Gasteiger partial charge on any atom is 0.231 e. The summed E-state index contributed by atoms with van der Waals surface area (Å²) in [5.41, 5.74) is 10.1. The third kappa shape index (κ3) is 3.76. The molecule has 3 aromatic rings. The fourth-order valence-corrected chi connectivity index (χ4v) is 4.06. The van der Waals surface area contributed by atoms with Crippen molar-refractivity contribution in [2.45, 2.75) is 13.0 Å². The van der Waals surface area contributed by atoms with E-state index >= 15 is 0 Å². The molecule has 0 saturated heterocycles. The highest BCUT2D eigenvalue weighted by molar-refractivity contribution is 7.07. The summed E-state index contributed by atoms with van der Waals surface area (Å²) in [6.07, 6.45) is 0.890. The standard InChI is InChI=1S/C21H24N4O2S/c1-24(2)17-7-5-16(6-8-17)23-21-25(11-3-10-22)18(13-28-21)15-4-9-19-20(12-15)27-14-26-19/h4-9,12-13H,3,10-11,14,22H2,1-2H3. The number of rotatable bonds is 6. The number of ether oxygens (including phenoxy) is 2. The highest BCUT2D eigenvalue weighted by atomic mass is 32.1. The van der Waals surface area contributed by atoms with Crippen LogP contribution in [0.1, 0.15) is 6.42 Å². The summed E-state index contributed by atoms with van der Waals surface area (Å²) in [6, 6.07) is 14.3. The van der Waals surface area contributed by atoms with Crippen molar-refractivity contribution < 1.29 is 9.47 Å². The minimum absolute atomic E-state index is 0.277. The molecule has 0 radical (unpaired) electrons. The summed E-state index contributed by atoms with van der Waals surface area (Å²) >= 11 is 1.63. The zero-order valence-corrected chi connectivity index (χ0v) is 16.9. The molecule has 2 aromatic carbocycles. The van der Waals surface area contributed by atoms with Crippen LogP contribution in [-0.4, -0.2) is 32.0 Å². The second-order valence-electron chi connectivity index (χ2n) is 6.79. The molecule has 6 nitrogen and oxygen atoms in total. The molecule has 0 bridgehead atoms. The maximum absolute atomic E-state index is 5.77. The summed E-state index contributed by atoms with van der Waals surface area (Å²) in [6.45, 7) is 1.73. The van der Waals surface area contributed by atoms with Crippen molar-refractivity contribution >= 4 is 22.7 Å². The molecule has 1 aliphatic heterocycles. The van der Waals surface area contributed by atoms with Crippen LogP contribution < -0.4 is 24.9 Å². The van der Waals surface area contributed by atoms with Crippen molar-refractivity contribution in [1.82, 2.24) is 4.57 Å². The van der Waals surface area contributed by atoms with E-state index in [1.54, 1.807) is 11.3 Å². The lowest BCUT2D eigenvalue weighted by Crippen LogP contribution is -2.18. The molecule has 0 fully saturated rings. The van der Waals surface area contributed by atoms with E-state index in [-0.39, 0.29) is 6.79 Å². The lowest BCUT2D eigenvalue weighted by molar-refractivity contribution is 0.174. The fourth-order valence-electron chi connectivity index (χ4n) is 3.11. The van der Waals surface area contributed by atoms with E-state index in [2.05, 4.69) is 33.0 Å². The Bertz CT molecular complexity index is 1020. The average Bonchev–Trinajstić information content (AvgIpc) is 3.33. The zero-order valence-electron chi connectivity index (χ0n) is 16.1. The SMILES string of the molecule is CN(C)c1ccc(N=c2scc(-c3ccc4c(c3)OCO4)n2CCCN)cc1. The van der Waals surface area contributed by atoms with Gasteiger partial charge in [-0.05, 0) is 55.4 Å². The number of hydrogen-bond acceptors (Lipinski definition) is 6. The zero-order chi connectivity index (χ0) is 19.5. The van der Waals surface area contributed by atoms with Gasteiger partial charge in [-0.15, -0.1) is 11.3 Å². The summed E-state index contributed by atoms with van der Waals surface area (Å²) in [4.78, 5) is 7.91. The third-order valence-corrected chi connectivity index (χ3v) is 5.51. The van der Waals surface area contributed by atoms with Gasteiger partial charge in [0.1, 0.15) is 0 Å². The molecule has 0 atom stereocenters. The highest BCUT2D eigenvalue weighted by Crippen LogP contribution is 2.36. The van der Waals surface area contributed by atoms with Gasteiger partial charge < -0.3 is 24.7 Å². The van der Waals surface area contributed by atoms with Crippen molar-refractivity contribution in [3.05, 3.63) is 52.6 Å². The minimum atomic E-state index is 0.277. The van der Waals surface area contributed by atoms with Crippen LogP contribution in [0.3, 0.4) is 0 Å². The first-order valence-electron chi connectivity index (χ1n) is 9.26. The number of fused-ring (bicyclic) bond motifs is 1. The van der Waals surface area contributed by atoms with Crippen molar-refractivity contribution in [2.75, 3.05) is 32.3 Å². The van der Waals surface area contributed by atoms with Crippen molar-refractivity contribution in [3.63, 3.8) is 0 Å². The van der Waals surface area contributed by atoms with Crippen LogP contribution in [0.2, 0.25) is 0 Å². The van der Waals surface area contributed by atoms with Crippen LogP contribution in [0.25, 0.3) is 11.3 Å². The first-order chi connectivity index (χ1) is 13.7. The number of hydrogen-bond donors (Lipinski definition) is 1. The lowest BCUT2D eigenvalue weighted by Gasteiger charge is -2.12. The van der Waals surface area contributed by atoms with E-state index in [0.29, 0.717) is 6.54 Å². The fraction of sp³-hybridized carbons (Fsp3) is 0.286. The predicted octanol–water partition coefficient (Wildman–Crippen LogP) is 3.59. The first-order valence-corrected chi connectivity index (χ1v) is 10.1. The normalized spacial score (nSPS) is 13.2. The van der Waals surface area contributed by atoms with Gasteiger partial charge in [-0.25, -0.2) is 4.99 Å². The van der Waals surface area contributed by atoms with Gasteiger partial charge in [-0.2, -0.15) is 0 Å². The van der Waals surface area contributed by atoms with Crippen LogP contribution in [0.4, 0.5) is 11.4 Å². The molecule has 2 N–H and O–H groups in total. The van der Waals surface area contributed by atoms with Crippen LogP contribution in [0.15, 0.2) is 52.8 Å². The Morgan fingerprint density at radius 1 is 1.11 bits per heavy atom. The van der Waals surface area contributed by atoms with Gasteiger partial charge in [-0.3, -0.25) is 0 Å². The van der Waals surface area contributed by atoms with Crippen molar-refractivity contribution in [2.24, 2.45) is 10.7 Å². The second kappa shape index (κ2) is 8.08. The number of benzene rings is 2. The van der Waals surface area contributed by atoms with Crippen molar-refractivity contribution in [1.29, 1.82) is 0 Å². The highest BCUT2D eigenvalue weighted by Gasteiger charge is 2.16. The summed E-state index contributed by atoms with van der Waals surface area (Å²) in [7, 11) is 4.06. The Morgan fingerprint density at radius 2 is 1.89 bits per heavy atom. The minimum Gasteiger partial charge on any atom is -0.454 e. The third-order valence-electron chi connectivity index (χ3n) is 4.64. The largest absolute Gasteiger partial charge is 0.454 e. The monoisotopic (exact) mass is 396 g/mol. The number of thiazole rings is 1. The summed E-state index contributed by atoms with van der Waals surface area (Å²) in [5.74, 6) is 1.57. The van der Waals surface area contributed by atoms with Crippen LogP contribution >= 0.6 is 11.3 Å². The van der Waals surface area contributed by atoms with Gasteiger partial charge in [0, 0.05) is 37.3 Å². The Balaban J connectivity index is 1.74. The molecular weight excluding hydrogens is 372 g/mol. The van der Waals surface area contributed by atoms with Gasteiger partial charge >= 0.3 is 0 Å². The van der Waals surface area contributed by atoms with Crippen LogP contribution in [0, 0.1) is 0 Å². The van der Waals surface area contributed by atoms with Gasteiger partial charge in [0.25, 0.3) is 0 Å². The van der Waals surface area contributed by atoms with E-state index in [9.17, 15) is 0 Å². The van der Waals surface area contributed by atoms with E-state index in [1.807, 2.05) is 38.4 Å². The quantitative estimate of drug-likeness (QED) is 0.692. The van der Waals surface area contributed by atoms with E-state index in [4.69, 9.17) is 20.2 Å². The van der Waals surface area contributed by atoms with Gasteiger partial charge in [0.05, 0.1) is 11.4 Å². The molecule has 28 heavy (non-hydrogen) atoms. The van der Waals surface area contributed by atoms with Crippen molar-refractivity contribution in [3.8, 4) is 22.8 Å². The summed E-state index contributed by atoms with van der Waals surface area (Å²) in [5, 5.41) is 2.14. The number of nitrogens with two attached hydrogens (primary N) is 1. The molecule has 1 aliphatic rings. The number of nitrogens with zero attached hydrogens (tertiary/aromatic N) is 3. The lowest BCUT2D eigenvalue weighted by atomic mass is 10.1. The van der Waals surface area contributed by atoms with Gasteiger partial charge in [0.2, 0.25) is 6.79 Å². The van der Waals surface area contributed by atoms with E-state index in [1.165, 1.54) is 0 Å². The molecule has 0 aliphatic carbocycles. The molecule has 1 aromatic heterocycles. The van der Waals surface area contributed by atoms with Crippen LogP contribution in [0.5, 0.6) is 11.5 Å². The topological polar surface area (TPSA) is 65.0 Å². The molecule has 0 amide bonds. The molecule has 4 rings (SSSR count). The summed E-state index contributed by atoms with van der Waals surface area (Å²) < 4.78 is 13.2. The molecule has 0 spiro atoms. The Labute approximate surface area is 168 Å². The smallest absolute Gasteiger partial charge is 0.231 e. The predicted molar refractivity (Wildman–Crippen MR) is 114 cm³/mol. The van der Waals surface area contributed by atoms with Gasteiger partial charge in [-0.1, -0.05) is 0 Å². The first kappa shape index (κ1) is 18.6. The van der Waals surface area contributed by atoms with E-state index in [0.717, 1.165) is 51.9 Å². The molecule has 2 heterocycles. The molecule has 0 saturated carbocycles. The van der Waals surface area contributed by atoms with Crippen LogP contribution in [-0.2, 0) is 6.54 Å². The Hall–Kier alpha value is -2.77. The van der Waals surface area contributed by atoms with Gasteiger partial charge in [0.15, 0.2) is 16.3 Å². The molecule has 0 unspecified atom stereocenters. The Morgan fingerprint density at radius 3 is 2.64 bits per heavy atom. The molecule has 146 valence electrons. The maximum atomic E-state index is 5.77. The van der Waals surface area contributed by atoms with E-state index < -0.39 is 0 Å². The average molecular weight is 397 g/mol. The molecular formula is C21H24N4O2S. The number of aromatic nitrogens is 1. The second-order valence-corrected chi connectivity index (χ2v) is 7.62. The number of anilines is 1. The Kier molecular flexibility index (Phi) is 5.36. The molecule has 7 heteroatoms.